The van der Waals surface area contributed by atoms with Gasteiger partial charge in [0.15, 0.2) is 0 Å². The van der Waals surface area contributed by atoms with Gasteiger partial charge in [0.1, 0.15) is 20.5 Å². The molecule has 4 rings (SSSR count). The van der Waals surface area contributed by atoms with Crippen molar-refractivity contribution in [2.24, 2.45) is 0 Å². The van der Waals surface area contributed by atoms with Gasteiger partial charge in [0.25, 0.3) is 0 Å². The minimum absolute atomic E-state index is 0.0801. The number of carboxylic acid groups (broad SMARTS) is 1. The molecule has 3 aromatic carbocycles. The first-order valence-electron chi connectivity index (χ1n) is 9.71. The molecule has 5 nitrogen and oxygen atoms in total. The molecule has 148 valence electrons. The first-order chi connectivity index (χ1) is 14.5. The summed E-state index contributed by atoms with van der Waals surface area (Å²) in [5, 5.41) is 11.9. The topological polar surface area (TPSA) is 75.6 Å². The number of benzene rings is 3. The molecule has 0 aliphatic heterocycles. The van der Waals surface area contributed by atoms with Crippen molar-refractivity contribution in [1.82, 2.24) is 5.32 Å². The minimum atomic E-state index is -1.12. The Morgan fingerprint density at radius 1 is 0.933 bits per heavy atom. The van der Waals surface area contributed by atoms with Crippen LogP contribution in [-0.2, 0) is 16.0 Å². The number of hydrogen-bond donors (Lipinski definition) is 2. The van der Waals surface area contributed by atoms with E-state index in [9.17, 15) is 14.7 Å². The third-order valence-electron chi connectivity index (χ3n) is 5.35. The smallest absolute Gasteiger partial charge is 0.407 e. The molecule has 0 unspecified atom stereocenters. The average molecular weight is 397 g/mol. The van der Waals surface area contributed by atoms with Gasteiger partial charge in [-0.2, -0.15) is 0 Å². The van der Waals surface area contributed by atoms with Crippen molar-refractivity contribution in [3.63, 3.8) is 0 Å². The van der Waals surface area contributed by atoms with Crippen LogP contribution in [0.25, 0.3) is 11.1 Å². The molecule has 0 saturated carbocycles. The summed E-state index contributed by atoms with van der Waals surface area (Å²) in [6.45, 7) is 0.133. The van der Waals surface area contributed by atoms with Gasteiger partial charge in [-0.1, -0.05) is 78.3 Å². The fourth-order valence-corrected chi connectivity index (χ4v) is 3.87. The minimum Gasteiger partial charge on any atom is -0.480 e. The van der Waals surface area contributed by atoms with Gasteiger partial charge in [0.2, 0.25) is 0 Å². The number of amides is 1. The van der Waals surface area contributed by atoms with Crippen molar-refractivity contribution in [3.05, 3.63) is 89.5 Å². The molecule has 6 heteroatoms. The molecule has 1 aliphatic rings. The van der Waals surface area contributed by atoms with Gasteiger partial charge in [-0.15, -0.1) is 0 Å². The second kappa shape index (κ2) is 8.45. The van der Waals surface area contributed by atoms with Crippen molar-refractivity contribution >= 4 is 25.4 Å². The van der Waals surface area contributed by atoms with Crippen molar-refractivity contribution in [1.29, 1.82) is 0 Å². The zero-order chi connectivity index (χ0) is 21.1. The van der Waals surface area contributed by atoms with Crippen molar-refractivity contribution in [2.45, 2.75) is 18.4 Å². The Labute approximate surface area is 176 Å². The lowest BCUT2D eigenvalue weighted by Gasteiger charge is -2.17. The molecule has 2 radical (unpaired) electrons. The molecule has 0 fully saturated rings. The van der Waals surface area contributed by atoms with E-state index in [1.165, 1.54) is 0 Å². The molecule has 0 heterocycles. The maximum atomic E-state index is 12.4. The number of alkyl carbamates (subject to hydrolysis) is 1. The highest BCUT2D eigenvalue weighted by atomic mass is 16.5. The molecule has 0 bridgehead atoms. The van der Waals surface area contributed by atoms with Crippen LogP contribution in [0.2, 0.25) is 0 Å². The Kier molecular flexibility index (Phi) is 5.57. The maximum Gasteiger partial charge on any atom is 0.407 e. The molecule has 0 aromatic heterocycles. The third kappa shape index (κ3) is 4.08. The number of carbonyl (C=O) groups is 2. The Morgan fingerprint density at radius 3 is 2.07 bits per heavy atom. The number of aliphatic carboxylic acids is 1. The van der Waals surface area contributed by atoms with E-state index in [4.69, 9.17) is 12.6 Å². The lowest BCUT2D eigenvalue weighted by Crippen LogP contribution is -2.43. The quantitative estimate of drug-likeness (QED) is 0.627. The third-order valence-corrected chi connectivity index (χ3v) is 5.35. The Balaban J connectivity index is 1.43. The monoisotopic (exact) mass is 397 g/mol. The highest BCUT2D eigenvalue weighted by Crippen LogP contribution is 2.44. The summed E-state index contributed by atoms with van der Waals surface area (Å²) in [6, 6.07) is 21.9. The van der Waals surface area contributed by atoms with Gasteiger partial charge in [-0.25, -0.2) is 9.59 Å². The van der Waals surface area contributed by atoms with Gasteiger partial charge in [0.05, 0.1) is 0 Å². The number of nitrogens with one attached hydrogen (secondary N) is 1. The fraction of sp³-hybridized carbons (Fsp3) is 0.167. The number of fused-ring (bicyclic) bond motifs is 3. The predicted octanol–water partition coefficient (Wildman–Crippen LogP) is 3.01. The van der Waals surface area contributed by atoms with Crippen LogP contribution in [0, 0.1) is 0 Å². The van der Waals surface area contributed by atoms with Crippen LogP contribution in [0.15, 0.2) is 72.8 Å². The summed E-state index contributed by atoms with van der Waals surface area (Å²) in [4.78, 5) is 24.0. The van der Waals surface area contributed by atoms with E-state index in [2.05, 4.69) is 17.4 Å². The molecular formula is C24H20BNO4. The molecular weight excluding hydrogens is 377 g/mol. The SMILES string of the molecule is [B]c1ccc(C[C@H](NC(=O)OCC2c3ccccc3-c3ccccc32)C(=O)O)cc1. The van der Waals surface area contributed by atoms with E-state index >= 15 is 0 Å². The maximum absolute atomic E-state index is 12.4. The van der Waals surface area contributed by atoms with Gasteiger partial charge < -0.3 is 15.2 Å². The largest absolute Gasteiger partial charge is 0.480 e. The van der Waals surface area contributed by atoms with E-state index in [1.807, 2.05) is 36.4 Å². The highest BCUT2D eigenvalue weighted by Gasteiger charge is 2.29. The summed E-state index contributed by atoms with van der Waals surface area (Å²) in [5.41, 5.74) is 5.82. The van der Waals surface area contributed by atoms with Gasteiger partial charge in [0, 0.05) is 12.3 Å². The Hall–Kier alpha value is -3.54. The second-order valence-electron chi connectivity index (χ2n) is 7.31. The van der Waals surface area contributed by atoms with Crippen molar-refractivity contribution in [3.8, 4) is 11.1 Å². The predicted molar refractivity (Wildman–Crippen MR) is 115 cm³/mol. The zero-order valence-corrected chi connectivity index (χ0v) is 16.2. The first-order valence-corrected chi connectivity index (χ1v) is 9.71. The van der Waals surface area contributed by atoms with Gasteiger partial charge in [-0.3, -0.25) is 0 Å². The van der Waals surface area contributed by atoms with Crippen LogP contribution in [0.1, 0.15) is 22.6 Å². The number of hydrogen-bond acceptors (Lipinski definition) is 3. The fourth-order valence-electron chi connectivity index (χ4n) is 3.87. The summed E-state index contributed by atoms with van der Waals surface area (Å²) in [5.74, 6) is -1.20. The number of carboxylic acids is 1. The molecule has 2 N–H and O–H groups in total. The van der Waals surface area contributed by atoms with Gasteiger partial charge in [-0.05, 0) is 27.8 Å². The zero-order valence-electron chi connectivity index (χ0n) is 16.2. The van der Waals surface area contributed by atoms with E-state index in [-0.39, 0.29) is 18.9 Å². The summed E-state index contributed by atoms with van der Waals surface area (Å²) < 4.78 is 5.44. The molecule has 1 aliphatic carbocycles. The van der Waals surface area contributed by atoms with Crippen LogP contribution in [0.4, 0.5) is 4.79 Å². The van der Waals surface area contributed by atoms with Crippen molar-refractivity contribution < 1.29 is 19.4 Å². The van der Waals surface area contributed by atoms with Crippen LogP contribution in [0.3, 0.4) is 0 Å². The van der Waals surface area contributed by atoms with Crippen LogP contribution in [-0.4, -0.2) is 37.7 Å². The molecule has 0 saturated heterocycles. The van der Waals surface area contributed by atoms with Crippen LogP contribution in [0.5, 0.6) is 0 Å². The van der Waals surface area contributed by atoms with Crippen molar-refractivity contribution in [2.75, 3.05) is 6.61 Å². The molecule has 3 aromatic rings. The number of ether oxygens (including phenoxy) is 1. The van der Waals surface area contributed by atoms with Gasteiger partial charge >= 0.3 is 12.1 Å². The summed E-state index contributed by atoms with van der Waals surface area (Å²) in [7, 11) is 5.66. The second-order valence-corrected chi connectivity index (χ2v) is 7.31. The summed E-state index contributed by atoms with van der Waals surface area (Å²) in [6.07, 6.45) is -0.612. The lowest BCUT2D eigenvalue weighted by atomic mass is 9.94. The average Bonchev–Trinajstić information content (AvgIpc) is 3.07. The standard InChI is InChI=1S/C24H20BNO4/c25-16-11-9-15(10-12-16)13-22(23(27)28)26-24(29)30-14-21-19-7-3-1-5-17(19)18-6-2-4-8-20(18)21/h1-12,21-22H,13-14H2,(H,26,29)(H,27,28)/t22-/m0/s1. The molecule has 1 amide bonds. The highest BCUT2D eigenvalue weighted by molar-refractivity contribution is 6.32. The van der Waals surface area contributed by atoms with E-state index in [0.29, 0.717) is 5.46 Å². The molecule has 30 heavy (non-hydrogen) atoms. The van der Waals surface area contributed by atoms with Crippen LogP contribution >= 0.6 is 0 Å². The Morgan fingerprint density at radius 2 is 1.50 bits per heavy atom. The normalized spacial score (nSPS) is 13.2. The van der Waals surface area contributed by atoms with E-state index in [1.54, 1.807) is 24.3 Å². The summed E-state index contributed by atoms with van der Waals surface area (Å²) >= 11 is 0. The van der Waals surface area contributed by atoms with E-state index in [0.717, 1.165) is 27.8 Å². The molecule has 0 spiro atoms. The number of carbonyl (C=O) groups excluding carboxylic acids is 1. The molecule has 1 atom stereocenters. The van der Waals surface area contributed by atoms with Crippen LogP contribution < -0.4 is 10.8 Å². The lowest BCUT2D eigenvalue weighted by molar-refractivity contribution is -0.139. The van der Waals surface area contributed by atoms with E-state index < -0.39 is 18.1 Å². The first kappa shape index (κ1) is 19.8. The Bertz CT molecular complexity index is 1040. The number of rotatable bonds is 6.